The van der Waals surface area contributed by atoms with Gasteiger partial charge in [0.1, 0.15) is 5.75 Å². The molecule has 26 heavy (non-hydrogen) atoms. The summed E-state index contributed by atoms with van der Waals surface area (Å²) < 4.78 is 5.45. The van der Waals surface area contributed by atoms with E-state index < -0.39 is 0 Å². The molecule has 6 nitrogen and oxygen atoms in total. The Morgan fingerprint density at radius 3 is 2.38 bits per heavy atom. The molecule has 0 fully saturated rings. The first-order valence-corrected chi connectivity index (χ1v) is 8.30. The maximum absolute atomic E-state index is 12.0. The van der Waals surface area contributed by atoms with Gasteiger partial charge in [0.15, 0.2) is 6.61 Å². The van der Waals surface area contributed by atoms with Crippen molar-refractivity contribution >= 4 is 34.9 Å². The van der Waals surface area contributed by atoms with E-state index in [1.807, 2.05) is 6.92 Å². The molecule has 0 heterocycles. The third kappa shape index (κ3) is 6.14. The lowest BCUT2D eigenvalue weighted by Gasteiger charge is -2.10. The summed E-state index contributed by atoms with van der Waals surface area (Å²) >= 11 is 5.95. The van der Waals surface area contributed by atoms with Crippen molar-refractivity contribution in [1.29, 1.82) is 0 Å². The van der Waals surface area contributed by atoms with Crippen LogP contribution < -0.4 is 20.7 Å². The minimum absolute atomic E-state index is 0.120. The minimum Gasteiger partial charge on any atom is -0.484 e. The molecule has 0 aliphatic carbocycles. The summed E-state index contributed by atoms with van der Waals surface area (Å²) in [4.78, 5) is 23.5. The van der Waals surface area contributed by atoms with Crippen molar-refractivity contribution in [2.24, 2.45) is 0 Å². The van der Waals surface area contributed by atoms with Gasteiger partial charge in [-0.2, -0.15) is 0 Å². The molecule has 0 spiro atoms. The van der Waals surface area contributed by atoms with Crippen molar-refractivity contribution in [2.75, 3.05) is 23.8 Å². The highest BCUT2D eigenvalue weighted by molar-refractivity contribution is 6.31. The lowest BCUT2D eigenvalue weighted by atomic mass is 10.2. The van der Waals surface area contributed by atoms with Gasteiger partial charge in [0.25, 0.3) is 5.91 Å². The molecule has 0 saturated carbocycles. The van der Waals surface area contributed by atoms with Gasteiger partial charge in [-0.15, -0.1) is 6.58 Å². The summed E-state index contributed by atoms with van der Waals surface area (Å²) in [7, 11) is 0. The number of ether oxygens (including phenoxy) is 1. The van der Waals surface area contributed by atoms with Gasteiger partial charge < -0.3 is 20.7 Å². The number of halogens is 1. The molecule has 7 heteroatoms. The Bertz CT molecular complexity index is 791. The maximum atomic E-state index is 12.0. The highest BCUT2D eigenvalue weighted by atomic mass is 35.5. The first-order chi connectivity index (χ1) is 12.5. The normalized spacial score (nSPS) is 9.92. The molecule has 0 saturated heterocycles. The van der Waals surface area contributed by atoms with Crippen LogP contribution in [0.25, 0.3) is 0 Å². The first kappa shape index (κ1) is 19.3. The van der Waals surface area contributed by atoms with Crippen LogP contribution in [0.5, 0.6) is 5.75 Å². The first-order valence-electron chi connectivity index (χ1n) is 7.92. The van der Waals surface area contributed by atoms with Crippen LogP contribution in [0.15, 0.2) is 55.1 Å². The number of aryl methyl sites for hydroxylation is 1. The van der Waals surface area contributed by atoms with Gasteiger partial charge in [-0.05, 0) is 55.0 Å². The van der Waals surface area contributed by atoms with Crippen LogP contribution in [-0.2, 0) is 4.79 Å². The molecule has 0 atom stereocenters. The molecular formula is C19H20ClN3O3. The Morgan fingerprint density at radius 2 is 1.77 bits per heavy atom. The topological polar surface area (TPSA) is 79.5 Å². The molecule has 0 aromatic heterocycles. The molecule has 0 aliphatic rings. The van der Waals surface area contributed by atoms with Crippen LogP contribution in [0.3, 0.4) is 0 Å². The third-order valence-electron chi connectivity index (χ3n) is 3.33. The fraction of sp³-hybridized carbons (Fsp3) is 0.158. The average molecular weight is 374 g/mol. The van der Waals surface area contributed by atoms with E-state index in [0.717, 1.165) is 5.56 Å². The highest BCUT2D eigenvalue weighted by Crippen LogP contribution is 2.21. The number of hydrogen-bond acceptors (Lipinski definition) is 3. The van der Waals surface area contributed by atoms with Crippen molar-refractivity contribution < 1.29 is 14.3 Å². The average Bonchev–Trinajstić information content (AvgIpc) is 2.62. The largest absolute Gasteiger partial charge is 0.484 e. The second-order valence-corrected chi connectivity index (χ2v) is 5.86. The number of hydrogen-bond donors (Lipinski definition) is 3. The number of urea groups is 1. The Kier molecular flexibility index (Phi) is 7.05. The zero-order chi connectivity index (χ0) is 18.9. The molecule has 136 valence electrons. The van der Waals surface area contributed by atoms with E-state index in [2.05, 4.69) is 22.5 Å². The molecule has 3 amide bonds. The van der Waals surface area contributed by atoms with Crippen LogP contribution >= 0.6 is 11.6 Å². The van der Waals surface area contributed by atoms with Crippen LogP contribution in [-0.4, -0.2) is 25.1 Å². The molecular weight excluding hydrogens is 354 g/mol. The lowest BCUT2D eigenvalue weighted by Crippen LogP contribution is -2.28. The van der Waals surface area contributed by atoms with Crippen molar-refractivity contribution in [1.82, 2.24) is 5.32 Å². The van der Waals surface area contributed by atoms with Gasteiger partial charge >= 0.3 is 6.03 Å². The second-order valence-electron chi connectivity index (χ2n) is 5.45. The number of benzene rings is 2. The van der Waals surface area contributed by atoms with Crippen LogP contribution in [0.1, 0.15) is 5.56 Å². The summed E-state index contributed by atoms with van der Waals surface area (Å²) in [5.41, 5.74) is 2.09. The number of nitrogens with one attached hydrogen (secondary N) is 3. The van der Waals surface area contributed by atoms with E-state index in [4.69, 9.17) is 16.3 Å². The number of anilines is 2. The molecule has 0 bridgehead atoms. The summed E-state index contributed by atoms with van der Waals surface area (Å²) in [5.74, 6) is 0.286. The van der Waals surface area contributed by atoms with Gasteiger partial charge in [0.05, 0.1) is 0 Å². The zero-order valence-corrected chi connectivity index (χ0v) is 15.1. The Morgan fingerprint density at radius 1 is 1.12 bits per heavy atom. The predicted molar refractivity (Wildman–Crippen MR) is 104 cm³/mol. The van der Waals surface area contributed by atoms with E-state index in [-0.39, 0.29) is 18.5 Å². The van der Waals surface area contributed by atoms with E-state index in [9.17, 15) is 9.59 Å². The van der Waals surface area contributed by atoms with Crippen molar-refractivity contribution in [3.63, 3.8) is 0 Å². The zero-order valence-electron chi connectivity index (χ0n) is 14.3. The molecule has 2 rings (SSSR count). The number of carbonyl (C=O) groups excluding carboxylic acids is 2. The molecule has 0 unspecified atom stereocenters. The highest BCUT2D eigenvalue weighted by Gasteiger charge is 2.06. The standard InChI is InChI=1S/C19H20ClN3O3/c1-3-10-21-19(25)23-15-6-4-14(5-7-15)22-18(24)12-26-16-8-9-17(20)13(2)11-16/h3-9,11H,1,10,12H2,2H3,(H,22,24)(H2,21,23,25). The van der Waals surface area contributed by atoms with E-state index in [1.54, 1.807) is 48.5 Å². The molecule has 0 radical (unpaired) electrons. The molecule has 0 aliphatic heterocycles. The number of amides is 3. The predicted octanol–water partition coefficient (Wildman–Crippen LogP) is 3.97. The minimum atomic E-state index is -0.326. The van der Waals surface area contributed by atoms with Gasteiger partial charge in [0, 0.05) is 22.9 Å². The Hall–Kier alpha value is -2.99. The second kappa shape index (κ2) is 9.48. The van der Waals surface area contributed by atoms with Crippen LogP contribution in [0.2, 0.25) is 5.02 Å². The number of rotatable bonds is 7. The molecule has 3 N–H and O–H groups in total. The van der Waals surface area contributed by atoms with Gasteiger partial charge in [-0.1, -0.05) is 17.7 Å². The van der Waals surface area contributed by atoms with Crippen LogP contribution in [0.4, 0.5) is 16.2 Å². The molecule has 2 aromatic rings. The van der Waals surface area contributed by atoms with E-state index in [1.165, 1.54) is 0 Å². The summed E-state index contributed by atoms with van der Waals surface area (Å²) in [6.07, 6.45) is 1.59. The Labute approximate surface area is 157 Å². The summed E-state index contributed by atoms with van der Waals surface area (Å²) in [6, 6.07) is 11.6. The van der Waals surface area contributed by atoms with Crippen molar-refractivity contribution in [2.45, 2.75) is 6.92 Å². The quantitative estimate of drug-likeness (QED) is 0.642. The van der Waals surface area contributed by atoms with Gasteiger partial charge in [-0.25, -0.2) is 4.79 Å². The summed E-state index contributed by atoms with van der Waals surface area (Å²) in [6.45, 7) is 5.65. The van der Waals surface area contributed by atoms with E-state index in [0.29, 0.717) is 28.7 Å². The SMILES string of the molecule is C=CCNC(=O)Nc1ccc(NC(=O)COc2ccc(Cl)c(C)c2)cc1. The lowest BCUT2D eigenvalue weighted by molar-refractivity contribution is -0.118. The summed E-state index contributed by atoms with van der Waals surface area (Å²) in [5, 5.41) is 8.64. The van der Waals surface area contributed by atoms with Gasteiger partial charge in [0.2, 0.25) is 0 Å². The number of carbonyl (C=O) groups is 2. The van der Waals surface area contributed by atoms with Gasteiger partial charge in [-0.3, -0.25) is 4.79 Å². The van der Waals surface area contributed by atoms with Crippen molar-refractivity contribution in [3.8, 4) is 5.75 Å². The third-order valence-corrected chi connectivity index (χ3v) is 3.76. The fourth-order valence-electron chi connectivity index (χ4n) is 2.03. The smallest absolute Gasteiger partial charge is 0.319 e. The van der Waals surface area contributed by atoms with Crippen molar-refractivity contribution in [3.05, 3.63) is 65.7 Å². The maximum Gasteiger partial charge on any atom is 0.319 e. The monoisotopic (exact) mass is 373 g/mol. The Balaban J connectivity index is 1.82. The molecule has 2 aromatic carbocycles. The van der Waals surface area contributed by atoms with Crippen LogP contribution in [0, 0.1) is 6.92 Å². The van der Waals surface area contributed by atoms with E-state index >= 15 is 0 Å². The fourth-order valence-corrected chi connectivity index (χ4v) is 2.15.